The van der Waals surface area contributed by atoms with E-state index in [-0.39, 0.29) is 30.7 Å². The summed E-state index contributed by atoms with van der Waals surface area (Å²) in [6, 6.07) is 4.44. The monoisotopic (exact) mass is 362 g/mol. The fourth-order valence-corrected chi connectivity index (χ4v) is 2.41. The number of phenols is 1. The van der Waals surface area contributed by atoms with Gasteiger partial charge in [0.25, 0.3) is 0 Å². The Kier molecular flexibility index (Phi) is 5.94. The van der Waals surface area contributed by atoms with Crippen LogP contribution in [0.5, 0.6) is 5.75 Å². The molecule has 9 heteroatoms. The van der Waals surface area contributed by atoms with Crippen molar-refractivity contribution in [2.24, 2.45) is 0 Å². The molecule has 4 N–H and O–H groups in total. The first-order valence-corrected chi connectivity index (χ1v) is 7.78. The average Bonchev–Trinajstić information content (AvgIpc) is 2.57. The van der Waals surface area contributed by atoms with Crippen LogP contribution in [0, 0.1) is 6.92 Å². The zero-order valence-electron chi connectivity index (χ0n) is 14.0. The van der Waals surface area contributed by atoms with E-state index in [1.54, 1.807) is 13.0 Å². The largest absolute Gasteiger partial charge is 0.508 e. The number of hydrogen-bond donors (Lipinski definition) is 4. The molecule has 2 aromatic rings. The highest BCUT2D eigenvalue weighted by Gasteiger charge is 2.14. The Bertz CT molecular complexity index is 917. The summed E-state index contributed by atoms with van der Waals surface area (Å²) in [6.07, 6.45) is 0.0783. The molecule has 0 atom stereocenters. The topological polar surface area (TPSA) is 146 Å². The summed E-state index contributed by atoms with van der Waals surface area (Å²) in [5.74, 6) is -2.29. The molecule has 2 rings (SSSR count). The minimum atomic E-state index is -1.18. The van der Waals surface area contributed by atoms with Crippen molar-refractivity contribution < 1.29 is 29.0 Å². The lowest BCUT2D eigenvalue weighted by molar-refractivity contribution is -0.137. The zero-order chi connectivity index (χ0) is 19.3. The number of amides is 2. The Morgan fingerprint density at radius 1 is 1.12 bits per heavy atom. The van der Waals surface area contributed by atoms with Gasteiger partial charge in [0.05, 0.1) is 6.54 Å². The lowest BCUT2D eigenvalue weighted by atomic mass is 10.0. The lowest BCUT2D eigenvalue weighted by Crippen LogP contribution is -2.39. The van der Waals surface area contributed by atoms with Gasteiger partial charge in [-0.2, -0.15) is 0 Å². The molecule has 9 nitrogen and oxygen atoms in total. The summed E-state index contributed by atoms with van der Waals surface area (Å²) in [5, 5.41) is 23.0. The van der Waals surface area contributed by atoms with Crippen molar-refractivity contribution in [1.29, 1.82) is 0 Å². The summed E-state index contributed by atoms with van der Waals surface area (Å²) < 4.78 is 5.17. The molecule has 26 heavy (non-hydrogen) atoms. The molecule has 0 unspecified atom stereocenters. The maximum absolute atomic E-state index is 12.1. The van der Waals surface area contributed by atoms with Crippen LogP contribution in [0.1, 0.15) is 17.5 Å². The number of nitrogens with one attached hydrogen (secondary N) is 2. The van der Waals surface area contributed by atoms with Crippen LogP contribution in [0.25, 0.3) is 11.0 Å². The van der Waals surface area contributed by atoms with E-state index in [0.29, 0.717) is 16.5 Å². The quantitative estimate of drug-likeness (QED) is 0.509. The average molecular weight is 362 g/mol. The van der Waals surface area contributed by atoms with Gasteiger partial charge in [-0.3, -0.25) is 14.4 Å². The number of phenolic OH excluding ortho intramolecular Hbond substituents is 1. The van der Waals surface area contributed by atoms with E-state index >= 15 is 0 Å². The Hall–Kier alpha value is -3.36. The highest BCUT2D eigenvalue weighted by atomic mass is 16.4. The van der Waals surface area contributed by atoms with Gasteiger partial charge in [0.1, 0.15) is 17.9 Å². The minimum Gasteiger partial charge on any atom is -0.508 e. The standard InChI is InChI=1S/C17H18N2O7/c1-9-11-3-2-10(20)6-13(11)26-17(25)12(9)4-5-14(21)18-7-15(22)19-8-16(23)24/h2-3,6,20H,4-5,7-8H2,1H3,(H,18,21)(H,19,22)(H,23,24). The Balaban J connectivity index is 1.98. The second-order valence-corrected chi connectivity index (χ2v) is 5.62. The molecule has 138 valence electrons. The molecule has 0 fully saturated rings. The molecule has 0 aliphatic heterocycles. The predicted molar refractivity (Wildman–Crippen MR) is 90.9 cm³/mol. The van der Waals surface area contributed by atoms with E-state index < -0.39 is 30.0 Å². The van der Waals surface area contributed by atoms with Crippen molar-refractivity contribution >= 4 is 28.8 Å². The first kappa shape index (κ1) is 19.0. The summed E-state index contributed by atoms with van der Waals surface area (Å²) in [6.45, 7) is 0.848. The van der Waals surface area contributed by atoms with E-state index in [1.165, 1.54) is 12.1 Å². The number of aromatic hydroxyl groups is 1. The summed E-state index contributed by atoms with van der Waals surface area (Å²) in [4.78, 5) is 45.6. The lowest BCUT2D eigenvalue weighted by Gasteiger charge is -2.08. The van der Waals surface area contributed by atoms with Gasteiger partial charge in [0.15, 0.2) is 0 Å². The molecule has 0 spiro atoms. The molecule has 0 aliphatic rings. The number of aryl methyl sites for hydroxylation is 1. The van der Waals surface area contributed by atoms with Crippen molar-refractivity contribution in [2.75, 3.05) is 13.1 Å². The summed E-state index contributed by atoms with van der Waals surface area (Å²) >= 11 is 0. The number of aliphatic carboxylic acids is 1. The molecule has 1 heterocycles. The summed E-state index contributed by atoms with van der Waals surface area (Å²) in [7, 11) is 0. The van der Waals surface area contributed by atoms with Gasteiger partial charge in [-0.1, -0.05) is 0 Å². The highest BCUT2D eigenvalue weighted by Crippen LogP contribution is 2.23. The van der Waals surface area contributed by atoms with E-state index in [4.69, 9.17) is 9.52 Å². The number of rotatable bonds is 7. The van der Waals surface area contributed by atoms with E-state index in [9.17, 15) is 24.3 Å². The number of hydrogen-bond acceptors (Lipinski definition) is 6. The molecule has 0 radical (unpaired) electrons. The number of fused-ring (bicyclic) bond motifs is 1. The van der Waals surface area contributed by atoms with E-state index in [2.05, 4.69) is 10.6 Å². The van der Waals surface area contributed by atoms with Crippen molar-refractivity contribution in [2.45, 2.75) is 19.8 Å². The van der Waals surface area contributed by atoms with Crippen LogP contribution in [0.15, 0.2) is 27.4 Å². The molecule has 0 aliphatic carbocycles. The van der Waals surface area contributed by atoms with Crippen molar-refractivity contribution in [1.82, 2.24) is 10.6 Å². The molecular weight excluding hydrogens is 344 g/mol. The van der Waals surface area contributed by atoms with Gasteiger partial charge in [-0.25, -0.2) is 4.79 Å². The normalized spacial score (nSPS) is 10.5. The fraction of sp³-hybridized carbons (Fsp3) is 0.294. The second-order valence-electron chi connectivity index (χ2n) is 5.62. The van der Waals surface area contributed by atoms with Gasteiger partial charge in [0, 0.05) is 23.4 Å². The number of benzene rings is 1. The first-order chi connectivity index (χ1) is 12.3. The van der Waals surface area contributed by atoms with Crippen molar-refractivity contribution in [3.05, 3.63) is 39.7 Å². The minimum absolute atomic E-state index is 0.0200. The molecule has 1 aromatic carbocycles. The Labute approximate surface area is 147 Å². The van der Waals surface area contributed by atoms with Crippen LogP contribution in [0.3, 0.4) is 0 Å². The first-order valence-electron chi connectivity index (χ1n) is 7.78. The molecule has 1 aromatic heterocycles. The third kappa shape index (κ3) is 4.82. The molecular formula is C17H18N2O7. The molecule has 2 amide bonds. The third-order valence-electron chi connectivity index (χ3n) is 3.76. The van der Waals surface area contributed by atoms with Gasteiger partial charge in [-0.05, 0) is 31.0 Å². The highest BCUT2D eigenvalue weighted by molar-refractivity contribution is 5.87. The Morgan fingerprint density at radius 3 is 2.50 bits per heavy atom. The van der Waals surface area contributed by atoms with Crippen molar-refractivity contribution in [3.63, 3.8) is 0 Å². The van der Waals surface area contributed by atoms with Crippen LogP contribution >= 0.6 is 0 Å². The third-order valence-corrected chi connectivity index (χ3v) is 3.76. The van der Waals surface area contributed by atoms with Crippen LogP contribution < -0.4 is 16.3 Å². The van der Waals surface area contributed by atoms with Gasteiger partial charge in [-0.15, -0.1) is 0 Å². The second kappa shape index (κ2) is 8.15. The van der Waals surface area contributed by atoms with Gasteiger partial charge < -0.3 is 25.3 Å². The van der Waals surface area contributed by atoms with E-state index in [0.717, 1.165) is 0 Å². The number of carboxylic acids is 1. The fourth-order valence-electron chi connectivity index (χ4n) is 2.41. The number of carbonyl (C=O) groups excluding carboxylic acids is 2. The number of carboxylic acid groups (broad SMARTS) is 1. The smallest absolute Gasteiger partial charge is 0.339 e. The maximum Gasteiger partial charge on any atom is 0.339 e. The van der Waals surface area contributed by atoms with Crippen LogP contribution in [0.2, 0.25) is 0 Å². The van der Waals surface area contributed by atoms with Gasteiger partial charge >= 0.3 is 11.6 Å². The molecule has 0 saturated carbocycles. The predicted octanol–water partition coefficient (Wildman–Crippen LogP) is 0.0566. The SMILES string of the molecule is Cc1c(CCC(=O)NCC(=O)NCC(=O)O)c(=O)oc2cc(O)ccc12. The van der Waals surface area contributed by atoms with Crippen molar-refractivity contribution in [3.8, 4) is 5.75 Å². The molecule has 0 saturated heterocycles. The van der Waals surface area contributed by atoms with E-state index in [1.807, 2.05) is 0 Å². The van der Waals surface area contributed by atoms with Crippen LogP contribution in [0.4, 0.5) is 0 Å². The zero-order valence-corrected chi connectivity index (χ0v) is 14.0. The Morgan fingerprint density at radius 2 is 1.81 bits per heavy atom. The summed E-state index contributed by atoms with van der Waals surface area (Å²) in [5.41, 5.74) is 0.667. The number of carbonyl (C=O) groups is 3. The van der Waals surface area contributed by atoms with Crippen LogP contribution in [-0.2, 0) is 20.8 Å². The molecule has 0 bridgehead atoms. The maximum atomic E-state index is 12.1. The van der Waals surface area contributed by atoms with Gasteiger partial charge in [0.2, 0.25) is 11.8 Å². The van der Waals surface area contributed by atoms with Crippen LogP contribution in [-0.4, -0.2) is 41.1 Å².